The van der Waals surface area contributed by atoms with Crippen LogP contribution in [0.3, 0.4) is 0 Å². The number of hydrogen-bond donors (Lipinski definition) is 2. The number of imidazole rings is 1. The average molecular weight is 477 g/mol. The highest BCUT2D eigenvalue weighted by molar-refractivity contribution is 6.29. The second-order valence-electron chi connectivity index (χ2n) is 8.72. The Hall–Kier alpha value is -3.22. The maximum Gasteiger partial charge on any atom is 0.203 e. The molecule has 4 aromatic rings. The van der Waals surface area contributed by atoms with Crippen molar-refractivity contribution in [1.29, 1.82) is 5.41 Å². The van der Waals surface area contributed by atoms with Crippen molar-refractivity contribution in [2.24, 2.45) is 0 Å². The minimum atomic E-state index is -0.460. The monoisotopic (exact) mass is 476 g/mol. The number of rotatable bonds is 9. The number of ketones is 1. The van der Waals surface area contributed by atoms with Crippen molar-refractivity contribution >= 4 is 28.4 Å². The zero-order chi connectivity index (χ0) is 24.2. The first-order valence-corrected chi connectivity index (χ1v) is 11.8. The zero-order valence-electron chi connectivity index (χ0n) is 19.4. The standard InChI is InChI=1S/C27H29ClN4O2/c1-18-7-9-20(10-8-18)15-22(12-13-23(34)17-33)32-25-6-4-3-5-24(25)31(27(32)29)19(2)21-11-14-26(28)30-16-21/h3-11,14,16,19,22,29,33H,12-13,15,17H2,1-2H3/t19?,22-/m1/s1. The van der Waals surface area contributed by atoms with Gasteiger partial charge in [0.25, 0.3) is 0 Å². The first kappa shape index (κ1) is 23.9. The van der Waals surface area contributed by atoms with Crippen LogP contribution in [-0.2, 0) is 11.2 Å². The van der Waals surface area contributed by atoms with E-state index in [9.17, 15) is 15.3 Å². The number of pyridine rings is 1. The normalized spacial score (nSPS) is 13.2. The number of halogens is 1. The van der Waals surface area contributed by atoms with Gasteiger partial charge < -0.3 is 14.2 Å². The molecule has 0 bridgehead atoms. The summed E-state index contributed by atoms with van der Waals surface area (Å²) in [6.07, 6.45) is 3.22. The van der Waals surface area contributed by atoms with Crippen LogP contribution in [0.5, 0.6) is 0 Å². The average Bonchev–Trinajstić information content (AvgIpc) is 3.14. The largest absolute Gasteiger partial charge is 0.389 e. The molecule has 176 valence electrons. The third-order valence-electron chi connectivity index (χ3n) is 6.37. The number of Topliss-reactive ketones (excluding diaryl/α,β-unsaturated/α-hetero) is 1. The van der Waals surface area contributed by atoms with E-state index >= 15 is 0 Å². The summed E-state index contributed by atoms with van der Waals surface area (Å²) < 4.78 is 4.02. The molecule has 34 heavy (non-hydrogen) atoms. The van der Waals surface area contributed by atoms with E-state index < -0.39 is 6.61 Å². The molecule has 7 heteroatoms. The Bertz CT molecular complexity index is 1340. The van der Waals surface area contributed by atoms with E-state index in [1.807, 2.05) is 46.4 Å². The minimum absolute atomic E-state index is 0.118. The molecule has 0 aliphatic carbocycles. The van der Waals surface area contributed by atoms with Crippen LogP contribution < -0.4 is 5.62 Å². The molecule has 0 spiro atoms. The van der Waals surface area contributed by atoms with E-state index in [1.54, 1.807) is 12.3 Å². The number of aliphatic hydroxyl groups excluding tert-OH is 1. The molecule has 6 nitrogen and oxygen atoms in total. The Morgan fingerprint density at radius 2 is 1.74 bits per heavy atom. The second kappa shape index (κ2) is 10.4. The molecule has 0 fully saturated rings. The van der Waals surface area contributed by atoms with Crippen molar-refractivity contribution in [2.45, 2.75) is 45.2 Å². The maximum absolute atomic E-state index is 12.0. The lowest BCUT2D eigenvalue weighted by molar-refractivity contribution is -0.122. The molecule has 0 saturated heterocycles. The van der Waals surface area contributed by atoms with E-state index in [1.165, 1.54) is 5.56 Å². The lowest BCUT2D eigenvalue weighted by Crippen LogP contribution is -2.31. The van der Waals surface area contributed by atoms with E-state index in [0.29, 0.717) is 23.6 Å². The summed E-state index contributed by atoms with van der Waals surface area (Å²) in [5, 5.41) is 18.9. The molecule has 2 N–H and O–H groups in total. The van der Waals surface area contributed by atoms with E-state index in [2.05, 4.69) is 36.2 Å². The van der Waals surface area contributed by atoms with Crippen molar-refractivity contribution < 1.29 is 9.90 Å². The molecule has 0 radical (unpaired) electrons. The third-order valence-corrected chi connectivity index (χ3v) is 6.59. The van der Waals surface area contributed by atoms with Gasteiger partial charge in [-0.3, -0.25) is 10.2 Å². The van der Waals surface area contributed by atoms with Crippen LogP contribution >= 0.6 is 11.6 Å². The van der Waals surface area contributed by atoms with Gasteiger partial charge in [0.15, 0.2) is 5.78 Å². The molecule has 0 aliphatic heterocycles. The minimum Gasteiger partial charge on any atom is -0.389 e. The molecule has 0 aliphatic rings. The van der Waals surface area contributed by atoms with Crippen molar-refractivity contribution in [2.75, 3.05) is 6.61 Å². The molecule has 2 heterocycles. The highest BCUT2D eigenvalue weighted by Crippen LogP contribution is 2.28. The fourth-order valence-corrected chi connectivity index (χ4v) is 4.60. The predicted molar refractivity (Wildman–Crippen MR) is 134 cm³/mol. The fourth-order valence-electron chi connectivity index (χ4n) is 4.49. The van der Waals surface area contributed by atoms with Crippen LogP contribution in [0.1, 0.15) is 48.5 Å². The molecule has 1 unspecified atom stereocenters. The number of nitrogens with zero attached hydrogens (tertiary/aromatic N) is 3. The Labute approximate surface area is 204 Å². The van der Waals surface area contributed by atoms with Crippen molar-refractivity contribution in [3.8, 4) is 0 Å². The van der Waals surface area contributed by atoms with Crippen LogP contribution in [-0.4, -0.2) is 31.6 Å². The number of carbonyl (C=O) groups is 1. The summed E-state index contributed by atoms with van der Waals surface area (Å²) in [5.41, 5.74) is 5.53. The number of fused-ring (bicyclic) bond motifs is 1. The summed E-state index contributed by atoms with van der Waals surface area (Å²) >= 11 is 5.99. The quantitative estimate of drug-likeness (QED) is 0.333. The SMILES string of the molecule is Cc1ccc(C[C@@H](CCC(=O)CO)n2c(=N)n(C(C)c3ccc(Cl)nc3)c3ccccc32)cc1. The van der Waals surface area contributed by atoms with Gasteiger partial charge in [-0.2, -0.15) is 0 Å². The number of carbonyl (C=O) groups excluding carboxylic acids is 1. The zero-order valence-corrected chi connectivity index (χ0v) is 20.2. The Morgan fingerprint density at radius 1 is 1.06 bits per heavy atom. The molecule has 2 atom stereocenters. The van der Waals surface area contributed by atoms with Crippen molar-refractivity contribution in [3.05, 3.63) is 94.3 Å². The predicted octanol–water partition coefficient (Wildman–Crippen LogP) is 5.01. The Kier molecular flexibility index (Phi) is 7.29. The highest BCUT2D eigenvalue weighted by atomic mass is 35.5. The van der Waals surface area contributed by atoms with Crippen LogP contribution in [0.4, 0.5) is 0 Å². The highest BCUT2D eigenvalue weighted by Gasteiger charge is 2.23. The smallest absolute Gasteiger partial charge is 0.203 e. The number of nitrogens with one attached hydrogen (secondary N) is 1. The summed E-state index contributed by atoms with van der Waals surface area (Å²) in [4.78, 5) is 16.2. The Balaban J connectivity index is 1.82. The fraction of sp³-hybridized carbons (Fsp3) is 0.296. The van der Waals surface area contributed by atoms with Crippen molar-refractivity contribution in [1.82, 2.24) is 14.1 Å². The molecule has 2 aromatic heterocycles. The van der Waals surface area contributed by atoms with E-state index in [4.69, 9.17) is 11.6 Å². The molecule has 0 saturated carbocycles. The van der Waals surface area contributed by atoms with Gasteiger partial charge in [-0.1, -0.05) is 59.6 Å². The number of benzene rings is 2. The number of aryl methyl sites for hydroxylation is 1. The van der Waals surface area contributed by atoms with Gasteiger partial charge in [0, 0.05) is 18.7 Å². The molecule has 4 rings (SSSR count). The van der Waals surface area contributed by atoms with Gasteiger partial charge in [-0.25, -0.2) is 4.98 Å². The van der Waals surface area contributed by atoms with Crippen LogP contribution in [0.25, 0.3) is 11.0 Å². The van der Waals surface area contributed by atoms with Gasteiger partial charge in [0.1, 0.15) is 11.8 Å². The first-order chi connectivity index (χ1) is 16.4. The van der Waals surface area contributed by atoms with Gasteiger partial charge in [-0.05, 0) is 56.0 Å². The topological polar surface area (TPSA) is 83.9 Å². The molecule has 0 amide bonds. The maximum atomic E-state index is 12.0. The van der Waals surface area contributed by atoms with Gasteiger partial charge in [0.05, 0.1) is 17.1 Å². The molecular weight excluding hydrogens is 448 g/mol. The lowest BCUT2D eigenvalue weighted by atomic mass is 9.99. The lowest BCUT2D eigenvalue weighted by Gasteiger charge is -2.20. The van der Waals surface area contributed by atoms with Gasteiger partial charge in [0.2, 0.25) is 5.62 Å². The summed E-state index contributed by atoms with van der Waals surface area (Å²) in [6.45, 7) is 3.64. The summed E-state index contributed by atoms with van der Waals surface area (Å²) in [6, 6.07) is 19.8. The van der Waals surface area contributed by atoms with Crippen LogP contribution in [0.2, 0.25) is 5.15 Å². The number of aliphatic hydroxyl groups is 1. The van der Waals surface area contributed by atoms with Crippen LogP contribution in [0.15, 0.2) is 66.9 Å². The third kappa shape index (κ3) is 4.98. The summed E-state index contributed by atoms with van der Waals surface area (Å²) in [7, 11) is 0. The second-order valence-corrected chi connectivity index (χ2v) is 9.11. The first-order valence-electron chi connectivity index (χ1n) is 11.4. The molecule has 2 aromatic carbocycles. The number of para-hydroxylation sites is 2. The summed E-state index contributed by atoms with van der Waals surface area (Å²) in [5.74, 6) is -0.189. The van der Waals surface area contributed by atoms with E-state index in [0.717, 1.165) is 22.2 Å². The Morgan fingerprint density at radius 3 is 2.35 bits per heavy atom. The van der Waals surface area contributed by atoms with Crippen LogP contribution in [0, 0.1) is 12.3 Å². The number of hydrogen-bond acceptors (Lipinski definition) is 4. The van der Waals surface area contributed by atoms with Crippen molar-refractivity contribution in [3.63, 3.8) is 0 Å². The number of aromatic nitrogens is 3. The van der Waals surface area contributed by atoms with E-state index in [-0.39, 0.29) is 24.3 Å². The molecular formula is C27H29ClN4O2. The van der Waals surface area contributed by atoms with Gasteiger partial charge in [-0.15, -0.1) is 0 Å². The van der Waals surface area contributed by atoms with Gasteiger partial charge >= 0.3 is 0 Å².